The Kier molecular flexibility index (Phi) is 25.7. The highest BCUT2D eigenvalue weighted by Gasteiger charge is 2.44. The first-order valence-electron chi connectivity index (χ1n) is 38.2. The SMILES string of the molecule is CC(C)(C)[Si](C)(C)O[C@H]1CCc2c(Br)cccc21.CC(C)(C)[Si](C)(C)O[C@H]1CCc2c(I)cccc21.CC(C)(C)[Si](C)(C)O[C@H]1CCc2c1cccc2-n1ccccc1=O.COC(=O)C[C@@H]1COc2cc(O[C@@H]3CCc4c3cccc4-n3ccccc3=O)ccc21.O=c1ccccn1-c1cccc2c1CC[C@@H]2O. The van der Waals surface area contributed by atoms with Gasteiger partial charge in [-0.15, -0.1) is 0 Å². The van der Waals surface area contributed by atoms with E-state index >= 15 is 0 Å². The molecule has 19 heteroatoms. The van der Waals surface area contributed by atoms with E-state index < -0.39 is 25.0 Å². The average molecular weight is 1690 g/mol. The van der Waals surface area contributed by atoms with Crippen molar-refractivity contribution in [1.82, 2.24) is 13.7 Å². The summed E-state index contributed by atoms with van der Waals surface area (Å²) in [5.74, 6) is 1.26. The first kappa shape index (κ1) is 81.9. The van der Waals surface area contributed by atoms with Gasteiger partial charge in [-0.05, 0) is 251 Å². The van der Waals surface area contributed by atoms with Gasteiger partial charge in [0.25, 0.3) is 16.7 Å². The minimum absolute atomic E-state index is 0.00967. The number of ether oxygens (including phenoxy) is 3. The molecule has 0 fully saturated rings. The Morgan fingerprint density at radius 1 is 0.472 bits per heavy atom. The van der Waals surface area contributed by atoms with Crippen molar-refractivity contribution in [3.63, 3.8) is 0 Å². The molecule has 0 saturated heterocycles. The Morgan fingerprint density at radius 3 is 1.31 bits per heavy atom. The number of pyridine rings is 3. The zero-order valence-electron chi connectivity index (χ0n) is 65.9. The summed E-state index contributed by atoms with van der Waals surface area (Å²) in [6.45, 7) is 35.1. The van der Waals surface area contributed by atoms with Crippen molar-refractivity contribution in [2.45, 2.75) is 224 Å². The normalized spacial score (nSPS) is 18.8. The number of aliphatic hydroxyl groups is 1. The summed E-state index contributed by atoms with van der Waals surface area (Å²) in [6.07, 6.45) is 15.9. The standard InChI is InChI=1S/C25H23NO5.C20H27NO2Si.C15H23BrOSi.C15H23IOSi.C14H13NO2/c1-29-25(28)13-16-15-30-23-14-17(8-9-18(16)23)31-22-11-10-19-20(22)5-4-6-21(19)26-12-3-2-7-24(26)27;1-20(2,3)24(4,5)23-18-13-12-15-16(18)9-8-10-17(15)21-14-7-6-11-19(21)22;2*1-15(2,3)18(4,5)17-14-10-9-11-12(14)7-6-8-13(11)16;16-13-8-7-10-11(13)4-3-5-12(10)15-9-2-1-6-14(15)17/h2-9,12,14,16,22H,10-11,13,15H2,1H3;6-11,14,18H,12-13H2,1-5H3;2*6-8,14H,9-10H2,1-5H3;1-6,9,13,16H,7-8H2/t16-,22-;18-;2*14-;13-/m10000/s1. The highest BCUT2D eigenvalue weighted by atomic mass is 127. The molecule has 3 aromatic heterocycles. The number of carbonyl (C=O) groups is 1. The first-order chi connectivity index (χ1) is 51.1. The van der Waals surface area contributed by atoms with E-state index in [4.69, 9.17) is 27.5 Å². The minimum Gasteiger partial charge on any atom is -0.492 e. The van der Waals surface area contributed by atoms with Crippen LogP contribution in [0.3, 0.4) is 0 Å². The number of aliphatic hydroxyl groups excluding tert-OH is 1. The van der Waals surface area contributed by atoms with Crippen molar-refractivity contribution < 1.29 is 37.4 Å². The Labute approximate surface area is 664 Å². The lowest BCUT2D eigenvalue weighted by atomic mass is 9.98. The molecule has 4 heterocycles. The number of nitrogens with zero attached hydrogens (tertiary/aromatic N) is 3. The zero-order chi connectivity index (χ0) is 77.8. The zero-order valence-corrected chi connectivity index (χ0v) is 72.6. The van der Waals surface area contributed by atoms with Gasteiger partial charge in [-0.1, -0.05) is 163 Å². The van der Waals surface area contributed by atoms with Gasteiger partial charge in [0.1, 0.15) is 17.6 Å². The molecule has 0 amide bonds. The van der Waals surface area contributed by atoms with Crippen molar-refractivity contribution in [2.24, 2.45) is 0 Å². The second-order valence-electron chi connectivity index (χ2n) is 33.8. The van der Waals surface area contributed by atoms with Crippen LogP contribution in [-0.4, -0.2) is 63.4 Å². The van der Waals surface area contributed by atoms with Crippen LogP contribution in [0.2, 0.25) is 54.4 Å². The predicted octanol–water partition coefficient (Wildman–Crippen LogP) is 21.4. The lowest BCUT2D eigenvalue weighted by molar-refractivity contribution is -0.141. The summed E-state index contributed by atoms with van der Waals surface area (Å²) < 4.78 is 44.4. The minimum atomic E-state index is -1.81. The highest BCUT2D eigenvalue weighted by molar-refractivity contribution is 14.1. The number of rotatable bonds is 13. The Bertz CT molecular complexity index is 4810. The van der Waals surface area contributed by atoms with Gasteiger partial charge in [0.15, 0.2) is 25.0 Å². The van der Waals surface area contributed by atoms with E-state index in [0.717, 1.165) is 114 Å². The van der Waals surface area contributed by atoms with Crippen molar-refractivity contribution in [1.29, 1.82) is 0 Å². The number of hydrogen-bond acceptors (Lipinski definition) is 11. The fraction of sp³-hybridized carbons (Fsp3) is 0.416. The first-order valence-corrected chi connectivity index (χ1v) is 48.8. The largest absolute Gasteiger partial charge is 0.492 e. The lowest BCUT2D eigenvalue weighted by Gasteiger charge is -2.38. The molecule has 0 radical (unpaired) electrons. The third-order valence-electron chi connectivity index (χ3n) is 23.7. The Morgan fingerprint density at radius 2 is 0.852 bits per heavy atom. The van der Waals surface area contributed by atoms with Crippen molar-refractivity contribution in [2.75, 3.05) is 13.7 Å². The third kappa shape index (κ3) is 18.4. The van der Waals surface area contributed by atoms with Crippen LogP contribution >= 0.6 is 38.5 Å². The van der Waals surface area contributed by atoms with Gasteiger partial charge in [-0.3, -0.25) is 32.9 Å². The van der Waals surface area contributed by atoms with Crippen LogP contribution in [0.25, 0.3) is 17.1 Å². The maximum absolute atomic E-state index is 12.3. The van der Waals surface area contributed by atoms with Crippen LogP contribution in [-0.2, 0) is 54.9 Å². The predicted molar refractivity (Wildman–Crippen MR) is 454 cm³/mol. The maximum Gasteiger partial charge on any atom is 0.306 e. The molecule has 6 aromatic carbocycles. The van der Waals surface area contributed by atoms with Gasteiger partial charge in [0.05, 0.1) is 61.6 Å². The van der Waals surface area contributed by atoms with Gasteiger partial charge in [0, 0.05) is 62.4 Å². The second-order valence-corrected chi connectivity index (χ2v) is 50.1. The highest BCUT2D eigenvalue weighted by Crippen LogP contribution is 2.49. The molecule has 14 nitrogen and oxygen atoms in total. The number of halogens is 2. The Balaban J connectivity index is 0.000000137. The van der Waals surface area contributed by atoms with E-state index in [2.05, 4.69) is 189 Å². The smallest absolute Gasteiger partial charge is 0.306 e. The molecule has 108 heavy (non-hydrogen) atoms. The number of hydrogen-bond donors (Lipinski definition) is 1. The topological polar surface area (TPSA) is 159 Å². The fourth-order valence-electron chi connectivity index (χ4n) is 14.5. The summed E-state index contributed by atoms with van der Waals surface area (Å²) in [7, 11) is -3.75. The van der Waals surface area contributed by atoms with E-state index in [1.54, 1.807) is 62.5 Å². The number of esters is 1. The Hall–Kier alpha value is -7.06. The van der Waals surface area contributed by atoms with Crippen molar-refractivity contribution >= 4 is 69.4 Å². The van der Waals surface area contributed by atoms with E-state index in [1.165, 1.54) is 55.0 Å². The van der Waals surface area contributed by atoms with Gasteiger partial charge < -0.3 is 32.6 Å². The second kappa shape index (κ2) is 33.9. The quantitative estimate of drug-likeness (QED) is 0.0665. The molecule has 1 N–H and O–H groups in total. The molecule has 0 spiro atoms. The van der Waals surface area contributed by atoms with E-state index in [9.17, 15) is 24.3 Å². The monoisotopic (exact) mass is 1690 g/mol. The van der Waals surface area contributed by atoms with Gasteiger partial charge >= 0.3 is 5.97 Å². The fourth-order valence-corrected chi connectivity index (χ4v) is 19.8. The van der Waals surface area contributed by atoms with Crippen LogP contribution in [0, 0.1) is 3.57 Å². The summed E-state index contributed by atoms with van der Waals surface area (Å²) in [4.78, 5) is 47.9. The molecule has 1 aliphatic heterocycles. The molecule has 9 aromatic rings. The molecule has 0 saturated carbocycles. The molecular weight excluding hydrogens is 1580 g/mol. The van der Waals surface area contributed by atoms with Crippen molar-refractivity contribution in [3.8, 4) is 28.6 Å². The molecule has 572 valence electrons. The summed E-state index contributed by atoms with van der Waals surface area (Å²) in [5, 5.41) is 10.6. The number of benzene rings is 6. The molecule has 0 bridgehead atoms. The molecule has 5 aliphatic carbocycles. The van der Waals surface area contributed by atoms with E-state index in [-0.39, 0.29) is 62.0 Å². The van der Waals surface area contributed by atoms with Crippen LogP contribution < -0.4 is 26.2 Å². The van der Waals surface area contributed by atoms with Crippen molar-refractivity contribution in [3.05, 3.63) is 283 Å². The molecule has 0 unspecified atom stereocenters. The van der Waals surface area contributed by atoms with E-state index in [0.29, 0.717) is 25.2 Å². The van der Waals surface area contributed by atoms with Crippen LogP contribution in [0.5, 0.6) is 11.5 Å². The molecular formula is C89H109BrIN3O11Si3. The number of aromatic nitrogens is 3. The summed E-state index contributed by atoms with van der Waals surface area (Å²) in [5.41, 5.74) is 16.4. The van der Waals surface area contributed by atoms with Crippen LogP contribution in [0.15, 0.2) is 201 Å². The number of methoxy groups -OCH3 is 1. The molecule has 6 atom stereocenters. The molecule has 15 rings (SSSR count). The van der Waals surface area contributed by atoms with E-state index in [1.807, 2.05) is 85.1 Å². The number of fused-ring (bicyclic) bond motifs is 6. The van der Waals surface area contributed by atoms with Crippen LogP contribution in [0.4, 0.5) is 0 Å². The summed E-state index contributed by atoms with van der Waals surface area (Å²) in [6, 6.07) is 52.5. The van der Waals surface area contributed by atoms with Gasteiger partial charge in [-0.25, -0.2) is 0 Å². The molecule has 6 aliphatic rings. The van der Waals surface area contributed by atoms with Gasteiger partial charge in [0.2, 0.25) is 0 Å². The maximum atomic E-state index is 12.3. The summed E-state index contributed by atoms with van der Waals surface area (Å²) >= 11 is 6.09. The lowest BCUT2D eigenvalue weighted by Crippen LogP contribution is -2.41. The van der Waals surface area contributed by atoms with Crippen LogP contribution in [0.1, 0.15) is 198 Å². The third-order valence-corrected chi connectivity index (χ3v) is 38.9. The van der Waals surface area contributed by atoms with Gasteiger partial charge in [-0.2, -0.15) is 0 Å². The number of carbonyl (C=O) groups excluding carboxylic acids is 1. The average Bonchev–Trinajstić information content (AvgIpc) is 1.51.